The van der Waals surface area contributed by atoms with Crippen molar-refractivity contribution in [1.82, 2.24) is 0 Å². The van der Waals surface area contributed by atoms with Crippen molar-refractivity contribution in [2.45, 2.75) is 19.3 Å². The summed E-state index contributed by atoms with van der Waals surface area (Å²) in [6.45, 7) is 1.93. The van der Waals surface area contributed by atoms with Crippen molar-refractivity contribution in [1.29, 1.82) is 0 Å². The smallest absolute Gasteiger partial charge is 0.231 e. The van der Waals surface area contributed by atoms with Gasteiger partial charge in [-0.3, -0.25) is 4.79 Å². The second-order valence-electron chi connectivity index (χ2n) is 6.01. The van der Waals surface area contributed by atoms with Crippen LogP contribution in [0, 0.1) is 0 Å². The number of aliphatic hydroxyl groups is 1. The largest absolute Gasteiger partial charge is 0.493 e. The lowest BCUT2D eigenvalue weighted by Crippen LogP contribution is -2.05. The van der Waals surface area contributed by atoms with Crippen molar-refractivity contribution in [2.75, 3.05) is 35.2 Å². The van der Waals surface area contributed by atoms with Gasteiger partial charge in [0.05, 0.1) is 14.2 Å². The summed E-state index contributed by atoms with van der Waals surface area (Å²) in [6.07, 6.45) is -0.393. The van der Waals surface area contributed by atoms with Crippen LogP contribution in [0.4, 0.5) is 0 Å². The standard InChI is InChI=1S/C17H16O6.C4H10O2/c1-20-13-4-3-10(5-14(13)21-2)17(19)12-7-16-15(22-9-23-16)6-11(12)8-18;1-4(5-2)6-3/h3-8,17,19H,9H2,1-2H3;4H,1-3H3. The molecule has 29 heavy (non-hydrogen) atoms. The minimum atomic E-state index is -1.01. The highest BCUT2D eigenvalue weighted by molar-refractivity contribution is 5.80. The summed E-state index contributed by atoms with van der Waals surface area (Å²) in [7, 11) is 6.27. The Hall–Kier alpha value is -2.81. The summed E-state index contributed by atoms with van der Waals surface area (Å²) >= 11 is 0. The van der Waals surface area contributed by atoms with E-state index in [0.717, 1.165) is 0 Å². The first-order chi connectivity index (χ1) is 14.0. The number of hydrogen-bond donors (Lipinski definition) is 1. The van der Waals surface area contributed by atoms with Crippen molar-refractivity contribution >= 4 is 6.29 Å². The summed E-state index contributed by atoms with van der Waals surface area (Å²) in [5.41, 5.74) is 1.36. The number of hydrogen-bond acceptors (Lipinski definition) is 8. The van der Waals surface area contributed by atoms with Gasteiger partial charge in [-0.2, -0.15) is 0 Å². The van der Waals surface area contributed by atoms with Crippen LogP contribution < -0.4 is 18.9 Å². The SMILES string of the molecule is COC(C)OC.COc1ccc(C(O)c2cc3c(cc2C=O)OCO3)cc1OC. The van der Waals surface area contributed by atoms with Crippen LogP contribution in [0.15, 0.2) is 30.3 Å². The van der Waals surface area contributed by atoms with Crippen molar-refractivity contribution < 1.29 is 38.3 Å². The maximum absolute atomic E-state index is 11.3. The quantitative estimate of drug-likeness (QED) is 0.554. The van der Waals surface area contributed by atoms with E-state index in [9.17, 15) is 9.90 Å². The third kappa shape index (κ3) is 5.38. The number of rotatable bonds is 7. The molecule has 0 bridgehead atoms. The molecule has 0 saturated carbocycles. The van der Waals surface area contributed by atoms with E-state index in [4.69, 9.17) is 18.9 Å². The third-order valence-electron chi connectivity index (χ3n) is 4.39. The molecule has 1 aliphatic rings. The molecular formula is C21H26O8. The molecule has 1 unspecified atom stereocenters. The van der Waals surface area contributed by atoms with Gasteiger partial charge in [0.1, 0.15) is 6.10 Å². The number of carbonyl (C=O) groups is 1. The van der Waals surface area contributed by atoms with Gasteiger partial charge in [-0.15, -0.1) is 0 Å². The Bertz CT molecular complexity index is 817. The zero-order valence-electron chi connectivity index (χ0n) is 17.1. The first-order valence-electron chi connectivity index (χ1n) is 8.83. The molecule has 0 radical (unpaired) electrons. The third-order valence-corrected chi connectivity index (χ3v) is 4.39. The Morgan fingerprint density at radius 3 is 2.10 bits per heavy atom. The zero-order chi connectivity index (χ0) is 21.4. The fourth-order valence-corrected chi connectivity index (χ4v) is 2.61. The topological polar surface area (TPSA) is 92.7 Å². The van der Waals surface area contributed by atoms with Crippen LogP contribution in [-0.4, -0.2) is 52.9 Å². The molecule has 158 valence electrons. The Morgan fingerprint density at radius 1 is 0.966 bits per heavy atom. The number of ether oxygens (including phenoxy) is 6. The molecule has 0 spiro atoms. The van der Waals surface area contributed by atoms with Crippen LogP contribution in [0.25, 0.3) is 0 Å². The summed E-state index contributed by atoms with van der Waals surface area (Å²) in [5.74, 6) is 2.06. The molecule has 1 atom stereocenters. The minimum absolute atomic E-state index is 0.0648. The van der Waals surface area contributed by atoms with Gasteiger partial charge in [-0.05, 0) is 42.3 Å². The van der Waals surface area contributed by atoms with Crippen LogP contribution in [0.2, 0.25) is 0 Å². The Morgan fingerprint density at radius 2 is 1.59 bits per heavy atom. The molecule has 1 aliphatic heterocycles. The van der Waals surface area contributed by atoms with E-state index in [2.05, 4.69) is 9.47 Å². The number of aliphatic hydroxyl groups excluding tert-OH is 1. The molecule has 0 amide bonds. The van der Waals surface area contributed by atoms with Crippen LogP contribution in [-0.2, 0) is 9.47 Å². The van der Waals surface area contributed by atoms with E-state index in [1.807, 2.05) is 6.92 Å². The number of aldehydes is 1. The Labute approximate surface area is 169 Å². The van der Waals surface area contributed by atoms with Gasteiger partial charge in [0.2, 0.25) is 6.79 Å². The summed E-state index contributed by atoms with van der Waals surface area (Å²) < 4.78 is 30.3. The van der Waals surface area contributed by atoms with E-state index in [1.165, 1.54) is 14.2 Å². The molecule has 1 N–H and O–H groups in total. The summed E-state index contributed by atoms with van der Waals surface area (Å²) in [5, 5.41) is 10.7. The van der Waals surface area contributed by atoms with Crippen molar-refractivity contribution in [3.8, 4) is 23.0 Å². The summed E-state index contributed by atoms with van der Waals surface area (Å²) in [4.78, 5) is 11.3. The molecule has 2 aromatic rings. The zero-order valence-corrected chi connectivity index (χ0v) is 17.1. The van der Waals surface area contributed by atoms with Crippen LogP contribution in [0.1, 0.15) is 34.5 Å². The highest BCUT2D eigenvalue weighted by Gasteiger charge is 2.22. The maximum Gasteiger partial charge on any atom is 0.231 e. The lowest BCUT2D eigenvalue weighted by Gasteiger charge is -2.16. The average Bonchev–Trinajstić information content (AvgIpc) is 3.24. The number of methoxy groups -OCH3 is 4. The monoisotopic (exact) mass is 406 g/mol. The fourth-order valence-electron chi connectivity index (χ4n) is 2.61. The second-order valence-corrected chi connectivity index (χ2v) is 6.01. The van der Waals surface area contributed by atoms with E-state index in [0.29, 0.717) is 46.0 Å². The first kappa shape index (κ1) is 22.5. The highest BCUT2D eigenvalue weighted by atomic mass is 16.7. The number of fused-ring (bicyclic) bond motifs is 1. The molecule has 0 fully saturated rings. The van der Waals surface area contributed by atoms with Crippen molar-refractivity contribution in [3.63, 3.8) is 0 Å². The van der Waals surface area contributed by atoms with Gasteiger partial charge >= 0.3 is 0 Å². The molecule has 1 heterocycles. The van der Waals surface area contributed by atoms with Crippen molar-refractivity contribution in [2.24, 2.45) is 0 Å². The molecular weight excluding hydrogens is 380 g/mol. The lowest BCUT2D eigenvalue weighted by molar-refractivity contribution is -0.0877. The van der Waals surface area contributed by atoms with Gasteiger partial charge in [-0.25, -0.2) is 0 Å². The normalized spacial score (nSPS) is 12.8. The fraction of sp³-hybridized carbons (Fsp3) is 0.381. The highest BCUT2D eigenvalue weighted by Crippen LogP contribution is 2.39. The molecule has 0 saturated heterocycles. The summed E-state index contributed by atoms with van der Waals surface area (Å²) in [6, 6.07) is 8.26. The Balaban J connectivity index is 0.000000438. The predicted molar refractivity (Wildman–Crippen MR) is 105 cm³/mol. The van der Waals surface area contributed by atoms with Gasteiger partial charge in [0, 0.05) is 19.8 Å². The van der Waals surface area contributed by atoms with E-state index in [1.54, 1.807) is 44.6 Å². The molecule has 8 heteroatoms. The van der Waals surface area contributed by atoms with Gasteiger partial charge in [0.25, 0.3) is 0 Å². The number of carbonyl (C=O) groups excluding carboxylic acids is 1. The van der Waals surface area contributed by atoms with Gasteiger partial charge in [-0.1, -0.05) is 6.07 Å². The first-order valence-corrected chi connectivity index (χ1v) is 8.83. The molecule has 0 aromatic heterocycles. The number of benzene rings is 2. The average molecular weight is 406 g/mol. The molecule has 0 aliphatic carbocycles. The molecule has 8 nitrogen and oxygen atoms in total. The Kier molecular flexibility index (Phi) is 8.26. The second kappa shape index (κ2) is 10.7. The van der Waals surface area contributed by atoms with Crippen LogP contribution in [0.5, 0.6) is 23.0 Å². The van der Waals surface area contributed by atoms with Gasteiger partial charge in [0.15, 0.2) is 35.6 Å². The van der Waals surface area contributed by atoms with Crippen LogP contribution >= 0.6 is 0 Å². The van der Waals surface area contributed by atoms with E-state index < -0.39 is 6.10 Å². The predicted octanol–water partition coefficient (Wildman–Crippen LogP) is 2.95. The van der Waals surface area contributed by atoms with Gasteiger partial charge < -0.3 is 33.5 Å². The lowest BCUT2D eigenvalue weighted by atomic mass is 9.96. The van der Waals surface area contributed by atoms with E-state index in [-0.39, 0.29) is 13.1 Å². The molecule has 3 rings (SSSR count). The van der Waals surface area contributed by atoms with E-state index >= 15 is 0 Å². The molecule has 2 aromatic carbocycles. The van der Waals surface area contributed by atoms with Crippen molar-refractivity contribution in [3.05, 3.63) is 47.0 Å². The van der Waals surface area contributed by atoms with Crippen LogP contribution in [0.3, 0.4) is 0 Å². The minimum Gasteiger partial charge on any atom is -0.493 e. The maximum atomic E-state index is 11.3.